The molecule has 126 valence electrons. The van der Waals surface area contributed by atoms with Crippen molar-refractivity contribution in [2.24, 2.45) is 11.1 Å². The largest absolute Gasteiger partial charge is 0.378 e. The number of aryl methyl sites for hydroxylation is 1. The summed E-state index contributed by atoms with van der Waals surface area (Å²) in [7, 11) is 0. The molecule has 1 amide bonds. The summed E-state index contributed by atoms with van der Waals surface area (Å²) < 4.78 is 5.64. The number of carbonyl (C=O) groups is 1. The van der Waals surface area contributed by atoms with E-state index in [1.165, 1.54) is 0 Å². The van der Waals surface area contributed by atoms with E-state index in [1.54, 1.807) is 12.4 Å². The second-order valence-corrected chi connectivity index (χ2v) is 6.05. The van der Waals surface area contributed by atoms with Crippen LogP contribution < -0.4 is 11.1 Å². The zero-order valence-corrected chi connectivity index (χ0v) is 15.0. The number of halogens is 2. The second kappa shape index (κ2) is 7.59. The van der Waals surface area contributed by atoms with Gasteiger partial charge in [0.05, 0.1) is 18.0 Å². The van der Waals surface area contributed by atoms with Crippen LogP contribution in [0.2, 0.25) is 0 Å². The molecule has 1 aliphatic rings. The Morgan fingerprint density at radius 1 is 1.45 bits per heavy atom. The van der Waals surface area contributed by atoms with Crippen LogP contribution in [-0.2, 0) is 9.53 Å². The first-order valence-corrected chi connectivity index (χ1v) is 6.95. The molecule has 5 nitrogen and oxygen atoms in total. The monoisotopic (exact) mass is 349 g/mol. The van der Waals surface area contributed by atoms with Crippen molar-refractivity contribution in [1.82, 2.24) is 4.98 Å². The number of hydrogen-bond acceptors (Lipinski definition) is 4. The third-order valence-electron chi connectivity index (χ3n) is 4.37. The number of hydrogen-bond donors (Lipinski definition) is 2. The number of pyridine rings is 1. The van der Waals surface area contributed by atoms with Crippen molar-refractivity contribution in [1.29, 1.82) is 0 Å². The molecule has 1 aliphatic carbocycles. The predicted octanol–water partition coefficient (Wildman–Crippen LogP) is 2.70. The Hall–Kier alpha value is -0.880. The van der Waals surface area contributed by atoms with Gasteiger partial charge in [-0.15, -0.1) is 24.8 Å². The number of nitrogens with one attached hydrogen (secondary N) is 1. The topological polar surface area (TPSA) is 77.2 Å². The van der Waals surface area contributed by atoms with Gasteiger partial charge in [-0.25, -0.2) is 0 Å². The lowest BCUT2D eigenvalue weighted by Gasteiger charge is -2.57. The first-order valence-electron chi connectivity index (χ1n) is 6.95. The van der Waals surface area contributed by atoms with Crippen molar-refractivity contribution >= 4 is 36.4 Å². The molecule has 3 N–H and O–H groups in total. The molecule has 0 spiro atoms. The van der Waals surface area contributed by atoms with Crippen LogP contribution in [0.15, 0.2) is 18.5 Å². The molecule has 7 heteroatoms. The number of anilines is 1. The summed E-state index contributed by atoms with van der Waals surface area (Å²) in [4.78, 5) is 16.5. The zero-order chi connectivity index (χ0) is 15.0. The van der Waals surface area contributed by atoms with Crippen LogP contribution in [0.5, 0.6) is 0 Å². The number of nitrogens with two attached hydrogens (primary N) is 1. The lowest BCUT2D eigenvalue weighted by atomic mass is 9.54. The molecule has 0 saturated heterocycles. The van der Waals surface area contributed by atoms with Gasteiger partial charge in [0, 0.05) is 24.6 Å². The molecule has 0 radical (unpaired) electrons. The maximum absolute atomic E-state index is 12.5. The van der Waals surface area contributed by atoms with Crippen LogP contribution in [0.3, 0.4) is 0 Å². The van der Waals surface area contributed by atoms with E-state index in [0.29, 0.717) is 18.7 Å². The molecule has 1 fully saturated rings. The summed E-state index contributed by atoms with van der Waals surface area (Å²) in [5.41, 5.74) is 6.70. The number of ether oxygens (including phenoxy) is 1. The Kier molecular flexibility index (Phi) is 7.29. The molecule has 0 aliphatic heterocycles. The van der Waals surface area contributed by atoms with Gasteiger partial charge in [-0.1, -0.05) is 13.8 Å². The summed E-state index contributed by atoms with van der Waals surface area (Å²) in [6.07, 6.45) is 3.93. The number of aromatic nitrogens is 1. The molecular weight excluding hydrogens is 325 g/mol. The Balaban J connectivity index is 0.00000220. The summed E-state index contributed by atoms with van der Waals surface area (Å²) in [6.45, 7) is 8.47. The molecule has 1 saturated carbocycles. The Morgan fingerprint density at radius 3 is 2.59 bits per heavy atom. The fourth-order valence-corrected chi connectivity index (χ4v) is 2.69. The number of carbonyl (C=O) groups excluding carboxylic acids is 1. The Morgan fingerprint density at radius 2 is 2.09 bits per heavy atom. The van der Waals surface area contributed by atoms with Gasteiger partial charge in [-0.05, 0) is 25.5 Å². The van der Waals surface area contributed by atoms with Gasteiger partial charge >= 0.3 is 0 Å². The van der Waals surface area contributed by atoms with Crippen LogP contribution in [0.25, 0.3) is 0 Å². The summed E-state index contributed by atoms with van der Waals surface area (Å²) in [6, 6.07) is 1.87. The highest BCUT2D eigenvalue weighted by Gasteiger charge is 2.62. The fraction of sp³-hybridized carbons (Fsp3) is 0.600. The van der Waals surface area contributed by atoms with E-state index in [0.717, 1.165) is 5.56 Å². The number of nitrogens with zero attached hydrogens (tertiary/aromatic N) is 1. The molecule has 22 heavy (non-hydrogen) atoms. The van der Waals surface area contributed by atoms with E-state index in [9.17, 15) is 4.79 Å². The van der Waals surface area contributed by atoms with Crippen LogP contribution in [0, 0.1) is 12.3 Å². The molecule has 2 rings (SSSR count). The highest BCUT2D eigenvalue weighted by molar-refractivity contribution is 5.99. The quantitative estimate of drug-likeness (QED) is 0.875. The lowest BCUT2D eigenvalue weighted by Crippen LogP contribution is -2.74. The third-order valence-corrected chi connectivity index (χ3v) is 4.37. The van der Waals surface area contributed by atoms with Gasteiger partial charge in [0.25, 0.3) is 0 Å². The predicted molar refractivity (Wildman–Crippen MR) is 92.8 cm³/mol. The minimum absolute atomic E-state index is 0. The van der Waals surface area contributed by atoms with Gasteiger partial charge in [0.15, 0.2) is 0 Å². The minimum Gasteiger partial charge on any atom is -0.378 e. The van der Waals surface area contributed by atoms with E-state index in [2.05, 4.69) is 10.3 Å². The van der Waals surface area contributed by atoms with Crippen LogP contribution in [0.1, 0.15) is 32.8 Å². The summed E-state index contributed by atoms with van der Waals surface area (Å²) >= 11 is 0. The second-order valence-electron chi connectivity index (χ2n) is 6.05. The Labute approximate surface area is 144 Å². The van der Waals surface area contributed by atoms with Gasteiger partial charge in [0.2, 0.25) is 5.91 Å². The maximum Gasteiger partial charge on any atom is 0.245 e. The summed E-state index contributed by atoms with van der Waals surface area (Å²) in [5, 5.41) is 2.86. The van der Waals surface area contributed by atoms with Crippen LogP contribution >= 0.6 is 24.8 Å². The van der Waals surface area contributed by atoms with Gasteiger partial charge in [-0.3, -0.25) is 9.78 Å². The van der Waals surface area contributed by atoms with E-state index < -0.39 is 5.54 Å². The van der Waals surface area contributed by atoms with Crippen molar-refractivity contribution in [3.8, 4) is 0 Å². The zero-order valence-electron chi connectivity index (χ0n) is 13.4. The SMILES string of the molecule is CCOC1CC(N)(C(=O)Nc2cncc(C)c2)C1(C)C.Cl.Cl. The highest BCUT2D eigenvalue weighted by atomic mass is 35.5. The van der Waals surface area contributed by atoms with Crippen LogP contribution in [-0.4, -0.2) is 29.1 Å². The molecule has 2 unspecified atom stereocenters. The highest BCUT2D eigenvalue weighted by Crippen LogP contribution is 2.50. The first-order chi connectivity index (χ1) is 9.31. The molecule has 1 heterocycles. The fourth-order valence-electron chi connectivity index (χ4n) is 2.69. The number of amides is 1. The first kappa shape index (κ1) is 21.1. The van der Waals surface area contributed by atoms with Gasteiger partial charge in [0.1, 0.15) is 5.54 Å². The third kappa shape index (κ3) is 3.54. The normalized spacial score (nSPS) is 25.2. The maximum atomic E-state index is 12.5. The molecule has 2 atom stereocenters. The molecule has 1 aromatic heterocycles. The van der Waals surface area contributed by atoms with E-state index in [1.807, 2.05) is 33.8 Å². The molecule has 0 bridgehead atoms. The van der Waals surface area contributed by atoms with E-state index in [-0.39, 0.29) is 42.2 Å². The van der Waals surface area contributed by atoms with E-state index in [4.69, 9.17) is 10.5 Å². The van der Waals surface area contributed by atoms with Crippen molar-refractivity contribution in [2.45, 2.75) is 45.8 Å². The van der Waals surface area contributed by atoms with Crippen molar-refractivity contribution in [3.05, 3.63) is 24.0 Å². The van der Waals surface area contributed by atoms with E-state index >= 15 is 0 Å². The minimum atomic E-state index is -0.906. The smallest absolute Gasteiger partial charge is 0.245 e. The summed E-state index contributed by atoms with van der Waals surface area (Å²) in [5.74, 6) is -0.175. The number of rotatable bonds is 4. The van der Waals surface area contributed by atoms with Gasteiger partial charge in [-0.2, -0.15) is 0 Å². The van der Waals surface area contributed by atoms with Gasteiger partial charge < -0.3 is 15.8 Å². The molecular formula is C15H25Cl2N3O2. The lowest BCUT2D eigenvalue weighted by molar-refractivity contribution is -0.166. The van der Waals surface area contributed by atoms with Crippen molar-refractivity contribution in [2.75, 3.05) is 11.9 Å². The van der Waals surface area contributed by atoms with Crippen molar-refractivity contribution in [3.63, 3.8) is 0 Å². The average molecular weight is 350 g/mol. The average Bonchev–Trinajstić information content (AvgIpc) is 2.38. The van der Waals surface area contributed by atoms with Crippen molar-refractivity contribution < 1.29 is 9.53 Å². The molecule has 0 aromatic carbocycles. The standard InChI is InChI=1S/C15H23N3O2.2ClH/c1-5-20-12-7-15(16,14(12,3)4)13(19)18-11-6-10(2)8-17-9-11;;/h6,8-9,12H,5,7,16H2,1-4H3,(H,18,19);2*1H. The molecule has 1 aromatic rings. The van der Waals surface area contributed by atoms with Crippen LogP contribution in [0.4, 0.5) is 5.69 Å². The Bertz CT molecular complexity index is 525.